The van der Waals surface area contributed by atoms with Crippen molar-refractivity contribution >= 4 is 20.0 Å². The van der Waals surface area contributed by atoms with Crippen molar-refractivity contribution in [3.8, 4) is 0 Å². The maximum absolute atomic E-state index is 13.6. The Balaban J connectivity index is 7.11. The van der Waals surface area contributed by atoms with E-state index in [2.05, 4.69) is 12.3 Å². The van der Waals surface area contributed by atoms with Crippen LogP contribution in [-0.2, 0) is 19.1 Å². The van der Waals surface area contributed by atoms with Crippen molar-refractivity contribution < 1.29 is 27.8 Å². The lowest BCUT2D eigenvalue weighted by Gasteiger charge is -2.46. The first kappa shape index (κ1) is 28.3. The number of halogens is 2. The Morgan fingerprint density at radius 3 is 1.63 bits per heavy atom. The molecule has 0 amide bonds. The SMILES string of the molecule is C=CCC(CC(=C=C(F)F)[Si](C(C)C)(C(C)C)C(C)C)(C(=O)OCC)C(=O)OCC. The summed E-state index contributed by atoms with van der Waals surface area (Å²) in [7, 11) is -2.64. The van der Waals surface area contributed by atoms with Gasteiger partial charge in [-0.3, -0.25) is 9.59 Å². The van der Waals surface area contributed by atoms with E-state index >= 15 is 0 Å². The van der Waals surface area contributed by atoms with Gasteiger partial charge in [0.1, 0.15) is 0 Å². The highest BCUT2D eigenvalue weighted by atomic mass is 28.3. The first-order chi connectivity index (χ1) is 13.9. The molecule has 0 heterocycles. The molecule has 0 spiro atoms. The Bertz CT molecular complexity index is 633. The molecular formula is C23H38F2O4Si. The van der Waals surface area contributed by atoms with E-state index in [0.29, 0.717) is 5.20 Å². The minimum atomic E-state index is -2.64. The van der Waals surface area contributed by atoms with Gasteiger partial charge in [0, 0.05) is 0 Å². The summed E-state index contributed by atoms with van der Waals surface area (Å²) in [6.45, 7) is 19.2. The molecule has 0 N–H and O–H groups in total. The number of esters is 2. The van der Waals surface area contributed by atoms with Gasteiger partial charge in [-0.25, -0.2) is 0 Å². The highest BCUT2D eigenvalue weighted by Gasteiger charge is 2.54. The van der Waals surface area contributed by atoms with E-state index in [1.165, 1.54) is 6.08 Å². The number of carbonyl (C=O) groups is 2. The molecule has 0 atom stereocenters. The van der Waals surface area contributed by atoms with Gasteiger partial charge in [-0.1, -0.05) is 53.3 Å². The highest BCUT2D eigenvalue weighted by molar-refractivity contribution is 6.89. The van der Waals surface area contributed by atoms with Crippen LogP contribution in [0.3, 0.4) is 0 Å². The van der Waals surface area contributed by atoms with Crippen LogP contribution in [0.15, 0.2) is 29.7 Å². The molecule has 0 aliphatic heterocycles. The summed E-state index contributed by atoms with van der Waals surface area (Å²) in [6, 6.07) is 0. The molecule has 0 rings (SSSR count). The summed E-state index contributed by atoms with van der Waals surface area (Å²) in [4.78, 5) is 26.1. The van der Waals surface area contributed by atoms with Crippen molar-refractivity contribution in [2.75, 3.05) is 13.2 Å². The van der Waals surface area contributed by atoms with Crippen LogP contribution < -0.4 is 0 Å². The second kappa shape index (κ2) is 12.2. The number of hydrogen-bond donors (Lipinski definition) is 0. The predicted octanol–water partition coefficient (Wildman–Crippen LogP) is 6.59. The van der Waals surface area contributed by atoms with Gasteiger partial charge < -0.3 is 9.47 Å². The van der Waals surface area contributed by atoms with E-state index in [1.807, 2.05) is 41.5 Å². The molecule has 0 radical (unpaired) electrons. The first-order valence-corrected chi connectivity index (χ1v) is 12.9. The molecule has 0 aromatic carbocycles. The lowest BCUT2D eigenvalue weighted by Crippen LogP contribution is -2.50. The van der Waals surface area contributed by atoms with Crippen LogP contribution in [0.1, 0.15) is 68.2 Å². The Morgan fingerprint density at radius 1 is 0.967 bits per heavy atom. The average molecular weight is 445 g/mol. The van der Waals surface area contributed by atoms with Crippen LogP contribution in [0.25, 0.3) is 0 Å². The van der Waals surface area contributed by atoms with Crippen LogP contribution >= 0.6 is 0 Å². The molecule has 0 bridgehead atoms. The van der Waals surface area contributed by atoms with Crippen molar-refractivity contribution in [3.63, 3.8) is 0 Å². The lowest BCUT2D eigenvalue weighted by atomic mass is 9.80. The van der Waals surface area contributed by atoms with Gasteiger partial charge in [0.05, 0.1) is 21.3 Å². The molecule has 0 aromatic heterocycles. The largest absolute Gasteiger partial charge is 0.465 e. The Hall–Kier alpha value is -1.72. The first-order valence-electron chi connectivity index (χ1n) is 10.6. The Kier molecular flexibility index (Phi) is 11.5. The van der Waals surface area contributed by atoms with Crippen LogP contribution in [0.4, 0.5) is 8.78 Å². The van der Waals surface area contributed by atoms with Gasteiger partial charge in [-0.05, 0) is 48.5 Å². The van der Waals surface area contributed by atoms with Crippen LogP contribution in [0, 0.1) is 5.41 Å². The Morgan fingerprint density at radius 2 is 1.37 bits per heavy atom. The fourth-order valence-corrected chi connectivity index (χ4v) is 12.0. The average Bonchev–Trinajstić information content (AvgIpc) is 2.60. The third-order valence-electron chi connectivity index (χ3n) is 5.94. The van der Waals surface area contributed by atoms with E-state index in [-0.39, 0.29) is 42.7 Å². The van der Waals surface area contributed by atoms with Crippen molar-refractivity contribution in [1.29, 1.82) is 0 Å². The van der Waals surface area contributed by atoms with Gasteiger partial charge in [0.2, 0.25) is 0 Å². The second-order valence-electron chi connectivity index (χ2n) is 8.45. The van der Waals surface area contributed by atoms with Gasteiger partial charge in [-0.2, -0.15) is 8.78 Å². The monoisotopic (exact) mass is 444 g/mol. The molecule has 0 aromatic rings. The minimum Gasteiger partial charge on any atom is -0.465 e. The maximum atomic E-state index is 13.6. The Labute approximate surface area is 181 Å². The van der Waals surface area contributed by atoms with E-state index < -0.39 is 31.5 Å². The summed E-state index contributed by atoms with van der Waals surface area (Å²) in [5.41, 5.74) is 0.787. The van der Waals surface area contributed by atoms with Crippen molar-refractivity contribution in [1.82, 2.24) is 0 Å². The summed E-state index contributed by atoms with van der Waals surface area (Å²) in [5.74, 6) is -1.55. The second-order valence-corrected chi connectivity index (χ2v) is 14.4. The molecule has 0 saturated carbocycles. The molecule has 4 nitrogen and oxygen atoms in total. The molecule has 30 heavy (non-hydrogen) atoms. The van der Waals surface area contributed by atoms with E-state index in [0.717, 1.165) is 0 Å². The number of rotatable bonds is 12. The summed E-state index contributed by atoms with van der Waals surface area (Å²) in [6.07, 6.45) is -0.800. The normalized spacial score (nSPS) is 12.0. The van der Waals surface area contributed by atoms with Gasteiger partial charge in [-0.15, -0.1) is 6.58 Å². The fourth-order valence-electron chi connectivity index (χ4n) is 5.02. The molecule has 0 unspecified atom stereocenters. The summed E-state index contributed by atoms with van der Waals surface area (Å²) >= 11 is 0. The maximum Gasteiger partial charge on any atom is 0.324 e. The predicted molar refractivity (Wildman–Crippen MR) is 119 cm³/mol. The number of hydrogen-bond acceptors (Lipinski definition) is 4. The topological polar surface area (TPSA) is 52.6 Å². The van der Waals surface area contributed by atoms with Crippen molar-refractivity contribution in [2.45, 2.75) is 84.9 Å². The molecule has 172 valence electrons. The molecule has 0 fully saturated rings. The fraction of sp³-hybridized carbons (Fsp3) is 0.696. The summed E-state index contributed by atoms with van der Waals surface area (Å²) in [5, 5.41) is 0.366. The standard InChI is InChI=1S/C23H38F2O4Si/c1-10-13-23(21(26)28-11-2,22(27)29-12-3)15-19(14-20(24)25)30(16(4)5,17(6)7)18(8)9/h10,16-18H,1,11-13,15H2,2-9H3. The zero-order valence-electron chi connectivity index (χ0n) is 19.7. The third kappa shape index (κ3) is 5.91. The molecule has 0 aliphatic carbocycles. The van der Waals surface area contributed by atoms with E-state index in [1.54, 1.807) is 13.8 Å². The number of allylic oxidation sites excluding steroid dienone is 2. The van der Waals surface area contributed by atoms with Gasteiger partial charge in [0.25, 0.3) is 0 Å². The van der Waals surface area contributed by atoms with Crippen LogP contribution in [0.2, 0.25) is 16.6 Å². The molecule has 0 saturated heterocycles. The van der Waals surface area contributed by atoms with Crippen LogP contribution in [-0.4, -0.2) is 33.2 Å². The van der Waals surface area contributed by atoms with Crippen molar-refractivity contribution in [3.05, 3.63) is 29.7 Å². The highest BCUT2D eigenvalue weighted by Crippen LogP contribution is 2.50. The quantitative estimate of drug-likeness (QED) is 0.112. The number of carbonyl (C=O) groups excluding carboxylic acids is 2. The van der Waals surface area contributed by atoms with Crippen molar-refractivity contribution in [2.24, 2.45) is 5.41 Å². The molecule has 7 heteroatoms. The molecule has 0 aliphatic rings. The number of ether oxygens (including phenoxy) is 2. The van der Waals surface area contributed by atoms with E-state index in [4.69, 9.17) is 9.47 Å². The zero-order valence-corrected chi connectivity index (χ0v) is 20.7. The zero-order chi connectivity index (χ0) is 23.7. The smallest absolute Gasteiger partial charge is 0.324 e. The van der Waals surface area contributed by atoms with Crippen LogP contribution in [0.5, 0.6) is 0 Å². The third-order valence-corrected chi connectivity index (χ3v) is 13.0. The lowest BCUT2D eigenvalue weighted by molar-refractivity contribution is -0.171. The minimum absolute atomic E-state index is 0.0601. The van der Waals surface area contributed by atoms with Gasteiger partial charge >= 0.3 is 18.0 Å². The molecular weight excluding hydrogens is 406 g/mol. The van der Waals surface area contributed by atoms with Gasteiger partial charge in [0.15, 0.2) is 5.41 Å². The van der Waals surface area contributed by atoms with E-state index in [9.17, 15) is 18.4 Å². The summed E-state index contributed by atoms with van der Waals surface area (Å²) < 4.78 is 37.7.